The number of H-pyrrole nitrogens is 1. The van der Waals surface area contributed by atoms with Gasteiger partial charge in [0.1, 0.15) is 5.82 Å². The Morgan fingerprint density at radius 1 is 1.16 bits per heavy atom. The van der Waals surface area contributed by atoms with Crippen molar-refractivity contribution in [1.82, 2.24) is 9.97 Å². The maximum atomic E-state index is 13.9. The van der Waals surface area contributed by atoms with Crippen LogP contribution in [0.3, 0.4) is 0 Å². The Bertz CT molecular complexity index is 1180. The van der Waals surface area contributed by atoms with Crippen LogP contribution >= 0.6 is 11.8 Å². The van der Waals surface area contributed by atoms with Crippen LogP contribution in [0.15, 0.2) is 45.5 Å². The number of nitrogens with zero attached hydrogens (tertiary/aromatic N) is 1. The van der Waals surface area contributed by atoms with Gasteiger partial charge in [-0.05, 0) is 23.5 Å². The van der Waals surface area contributed by atoms with Crippen molar-refractivity contribution in [3.8, 4) is 0 Å². The molecule has 2 N–H and O–H groups in total. The SMILES string of the molecule is CC(C)Sc1nc2c(c(=O)[nH]1)[C@@H](c1ccccc1C(F)(F)F)C1=C(CC(C)(C)CC1=O)N2. The molecule has 1 atom stereocenters. The summed E-state index contributed by atoms with van der Waals surface area (Å²) in [5, 5.41) is 3.65. The highest BCUT2D eigenvalue weighted by Crippen LogP contribution is 2.49. The first-order valence-electron chi connectivity index (χ1n) is 10.4. The number of hydrogen-bond donors (Lipinski definition) is 2. The summed E-state index contributed by atoms with van der Waals surface area (Å²) in [6, 6.07) is 5.13. The summed E-state index contributed by atoms with van der Waals surface area (Å²) < 4.78 is 41.7. The number of Topliss-reactive ketones (excluding diaryl/α,β-unsaturated/α-hetero) is 1. The maximum Gasteiger partial charge on any atom is 0.416 e. The number of anilines is 1. The first kappa shape index (κ1) is 22.6. The van der Waals surface area contributed by atoms with Crippen molar-refractivity contribution in [3.63, 3.8) is 0 Å². The number of rotatable bonds is 3. The number of alkyl halides is 3. The Balaban J connectivity index is 2.00. The standard InChI is InChI=1S/C23H24F3N3O2S/c1-11(2)32-21-28-19-18(20(31)29-21)16(12-7-5-6-8-13(12)23(24,25)26)17-14(27-19)9-22(3,4)10-15(17)30/h5-8,11,16H,9-10H2,1-4H3,(H2,27,28,29,31)/t16-/m0/s1. The van der Waals surface area contributed by atoms with E-state index in [0.717, 1.165) is 6.07 Å². The fourth-order valence-electron chi connectivity index (χ4n) is 4.49. The third-order valence-corrected chi connectivity index (χ3v) is 6.51. The molecule has 32 heavy (non-hydrogen) atoms. The fourth-order valence-corrected chi connectivity index (χ4v) is 5.23. The minimum absolute atomic E-state index is 0.0432. The molecule has 9 heteroatoms. The summed E-state index contributed by atoms with van der Waals surface area (Å²) in [6.45, 7) is 7.78. The van der Waals surface area contributed by atoms with Gasteiger partial charge in [-0.3, -0.25) is 9.59 Å². The van der Waals surface area contributed by atoms with Crippen LogP contribution in [-0.2, 0) is 11.0 Å². The molecular weight excluding hydrogens is 439 g/mol. The minimum Gasteiger partial charge on any atom is -0.343 e. The van der Waals surface area contributed by atoms with Crippen molar-refractivity contribution in [3.05, 3.63) is 62.6 Å². The maximum absolute atomic E-state index is 13.9. The summed E-state index contributed by atoms with van der Waals surface area (Å²) in [4.78, 5) is 33.6. The highest BCUT2D eigenvalue weighted by atomic mass is 32.2. The summed E-state index contributed by atoms with van der Waals surface area (Å²) >= 11 is 1.35. The van der Waals surface area contributed by atoms with E-state index in [1.54, 1.807) is 0 Å². The van der Waals surface area contributed by atoms with Crippen molar-refractivity contribution in [2.24, 2.45) is 5.41 Å². The molecule has 0 amide bonds. The van der Waals surface area contributed by atoms with Gasteiger partial charge in [0.15, 0.2) is 10.9 Å². The number of ketones is 1. The smallest absolute Gasteiger partial charge is 0.343 e. The highest BCUT2D eigenvalue weighted by molar-refractivity contribution is 7.99. The van der Waals surface area contributed by atoms with Gasteiger partial charge in [0.05, 0.1) is 11.1 Å². The van der Waals surface area contributed by atoms with Gasteiger partial charge < -0.3 is 10.3 Å². The molecule has 0 saturated carbocycles. The first-order valence-corrected chi connectivity index (χ1v) is 11.3. The lowest BCUT2D eigenvalue weighted by Gasteiger charge is -2.39. The number of carbonyl (C=O) groups is 1. The van der Waals surface area contributed by atoms with Crippen molar-refractivity contribution in [2.75, 3.05) is 5.32 Å². The number of aromatic amines is 1. The first-order chi connectivity index (χ1) is 14.9. The van der Waals surface area contributed by atoms with Crippen LogP contribution in [0.4, 0.5) is 19.0 Å². The Labute approximate surface area is 187 Å². The molecule has 5 nitrogen and oxygen atoms in total. The average Bonchev–Trinajstić information content (AvgIpc) is 2.64. The summed E-state index contributed by atoms with van der Waals surface area (Å²) in [7, 11) is 0. The number of nitrogens with one attached hydrogen (secondary N) is 2. The molecule has 0 spiro atoms. The van der Waals surface area contributed by atoms with Crippen molar-refractivity contribution < 1.29 is 18.0 Å². The van der Waals surface area contributed by atoms with Gasteiger partial charge >= 0.3 is 6.18 Å². The highest BCUT2D eigenvalue weighted by Gasteiger charge is 2.45. The number of hydrogen-bond acceptors (Lipinski definition) is 5. The lowest BCUT2D eigenvalue weighted by molar-refractivity contribution is -0.138. The minimum atomic E-state index is -4.63. The number of aromatic nitrogens is 2. The van der Waals surface area contributed by atoms with Crippen LogP contribution in [-0.4, -0.2) is 21.0 Å². The van der Waals surface area contributed by atoms with Gasteiger partial charge in [-0.2, -0.15) is 13.2 Å². The van der Waals surface area contributed by atoms with E-state index in [4.69, 9.17) is 0 Å². The van der Waals surface area contributed by atoms with Gasteiger partial charge in [-0.1, -0.05) is 57.7 Å². The Hall–Kier alpha value is -2.55. The topological polar surface area (TPSA) is 74.8 Å². The Kier molecular flexibility index (Phi) is 5.51. The second-order valence-corrected chi connectivity index (χ2v) is 10.8. The van der Waals surface area contributed by atoms with Crippen LogP contribution in [0.5, 0.6) is 0 Å². The average molecular weight is 464 g/mol. The van der Waals surface area contributed by atoms with Gasteiger partial charge in [-0.25, -0.2) is 4.98 Å². The third-order valence-electron chi connectivity index (χ3n) is 5.62. The van der Waals surface area contributed by atoms with Crippen molar-refractivity contribution in [2.45, 2.75) is 63.0 Å². The molecule has 1 aromatic carbocycles. The summed E-state index contributed by atoms with van der Waals surface area (Å²) in [5.74, 6) is -1.18. The fraction of sp³-hybridized carbons (Fsp3) is 0.435. The van der Waals surface area contributed by atoms with Crippen LogP contribution in [0.25, 0.3) is 0 Å². The molecule has 2 heterocycles. The van der Waals surface area contributed by atoms with E-state index in [1.165, 1.54) is 30.0 Å². The monoisotopic (exact) mass is 463 g/mol. The lowest BCUT2D eigenvalue weighted by atomic mass is 9.69. The summed E-state index contributed by atoms with van der Waals surface area (Å²) in [6.07, 6.45) is -3.97. The molecule has 4 rings (SSSR count). The van der Waals surface area contributed by atoms with E-state index in [-0.39, 0.29) is 45.4 Å². The van der Waals surface area contributed by atoms with Crippen molar-refractivity contribution >= 4 is 23.4 Å². The number of carbonyl (C=O) groups excluding carboxylic acids is 1. The van der Waals surface area contributed by atoms with Crippen LogP contribution in [0, 0.1) is 5.41 Å². The largest absolute Gasteiger partial charge is 0.416 e. The molecule has 0 fully saturated rings. The van der Waals surface area contributed by atoms with Crippen molar-refractivity contribution in [1.29, 1.82) is 0 Å². The predicted octanol–water partition coefficient (Wildman–Crippen LogP) is 5.49. The number of allylic oxidation sites excluding steroid dienone is 2. The molecule has 170 valence electrons. The second-order valence-electron chi connectivity index (χ2n) is 9.28. The van der Waals surface area contributed by atoms with E-state index < -0.39 is 23.2 Å². The van der Waals surface area contributed by atoms with E-state index in [1.807, 2.05) is 27.7 Å². The third kappa shape index (κ3) is 4.10. The molecule has 2 aromatic rings. The molecule has 2 aliphatic rings. The van der Waals surface area contributed by atoms with Crippen LogP contribution in [0.1, 0.15) is 63.1 Å². The predicted molar refractivity (Wildman–Crippen MR) is 118 cm³/mol. The zero-order valence-electron chi connectivity index (χ0n) is 18.2. The zero-order chi connectivity index (χ0) is 23.4. The van der Waals surface area contributed by atoms with Gasteiger partial charge in [0.25, 0.3) is 5.56 Å². The summed E-state index contributed by atoms with van der Waals surface area (Å²) in [5.41, 5.74) is -1.06. The quantitative estimate of drug-likeness (QED) is 0.465. The molecule has 0 bridgehead atoms. The Morgan fingerprint density at radius 3 is 2.50 bits per heavy atom. The lowest BCUT2D eigenvalue weighted by Crippen LogP contribution is -2.37. The Morgan fingerprint density at radius 2 is 1.84 bits per heavy atom. The van der Waals surface area contributed by atoms with E-state index in [9.17, 15) is 22.8 Å². The normalized spacial score (nSPS) is 20.1. The van der Waals surface area contributed by atoms with Gasteiger partial charge in [-0.15, -0.1) is 0 Å². The van der Waals surface area contributed by atoms with E-state index in [2.05, 4.69) is 15.3 Å². The van der Waals surface area contributed by atoms with E-state index >= 15 is 0 Å². The molecule has 0 saturated heterocycles. The molecule has 0 radical (unpaired) electrons. The second kappa shape index (κ2) is 7.79. The van der Waals surface area contributed by atoms with Gasteiger partial charge in [0, 0.05) is 28.9 Å². The van der Waals surface area contributed by atoms with E-state index in [0.29, 0.717) is 17.3 Å². The number of fused-ring (bicyclic) bond motifs is 1. The molecule has 1 aliphatic heterocycles. The number of halogens is 3. The molecule has 0 unspecified atom stereocenters. The van der Waals surface area contributed by atoms with Crippen LogP contribution < -0.4 is 10.9 Å². The van der Waals surface area contributed by atoms with Crippen LogP contribution in [0.2, 0.25) is 0 Å². The molecular formula is C23H24F3N3O2S. The number of thioether (sulfide) groups is 1. The van der Waals surface area contributed by atoms with Gasteiger partial charge in [0.2, 0.25) is 0 Å². The molecule has 1 aromatic heterocycles. The zero-order valence-corrected chi connectivity index (χ0v) is 19.0. The molecule has 1 aliphatic carbocycles. The number of benzene rings is 1.